The highest BCUT2D eigenvalue weighted by atomic mass is 32.5. The van der Waals surface area contributed by atoms with E-state index in [0.717, 1.165) is 12.8 Å². The van der Waals surface area contributed by atoms with Gasteiger partial charge >= 0.3 is 6.72 Å². The van der Waals surface area contributed by atoms with Crippen LogP contribution in [-0.4, -0.2) is 31.0 Å². The molecule has 0 atom stereocenters. The predicted molar refractivity (Wildman–Crippen MR) is 71.4 cm³/mol. The molecule has 0 bridgehead atoms. The van der Waals surface area contributed by atoms with Gasteiger partial charge in [0.15, 0.2) is 0 Å². The Morgan fingerprint density at radius 2 is 1.78 bits per heavy atom. The third kappa shape index (κ3) is 4.86. The van der Waals surface area contributed by atoms with Gasteiger partial charge in [0.2, 0.25) is 11.8 Å². The van der Waals surface area contributed by atoms with Gasteiger partial charge in [0.25, 0.3) is 0 Å². The zero-order chi connectivity index (χ0) is 13.4. The summed E-state index contributed by atoms with van der Waals surface area (Å²) in [7, 11) is 2.86. The van der Waals surface area contributed by atoms with Crippen LogP contribution in [-0.2, 0) is 20.9 Å². The second-order valence-corrected chi connectivity index (χ2v) is 6.46. The molecule has 0 radical (unpaired) electrons. The van der Waals surface area contributed by atoms with E-state index in [1.165, 1.54) is 14.2 Å². The Hall–Kier alpha value is -0.750. The fourth-order valence-electron chi connectivity index (χ4n) is 1.02. The normalized spacial score (nSPS) is 11.3. The van der Waals surface area contributed by atoms with E-state index in [9.17, 15) is 0 Å². The van der Waals surface area contributed by atoms with Crippen molar-refractivity contribution in [2.24, 2.45) is 0 Å². The highest BCUT2D eigenvalue weighted by Gasteiger charge is 2.19. The standard InChI is InChI=1S/C10H17N2O4PS/c1-4-5-8-15-9-6-7-10(12-11-9)16-17(18,13-2)14-3/h6-7H,4-5,8H2,1-3H3. The summed E-state index contributed by atoms with van der Waals surface area (Å²) in [6.07, 6.45) is 2.05. The zero-order valence-electron chi connectivity index (χ0n) is 10.7. The minimum Gasteiger partial charge on any atom is -0.477 e. The molecule has 1 rings (SSSR count). The molecule has 0 N–H and O–H groups in total. The first-order valence-corrected chi connectivity index (χ1v) is 8.06. The van der Waals surface area contributed by atoms with E-state index >= 15 is 0 Å². The summed E-state index contributed by atoms with van der Waals surface area (Å²) in [6.45, 7) is -0.0381. The van der Waals surface area contributed by atoms with Crippen molar-refractivity contribution in [3.63, 3.8) is 0 Å². The quantitative estimate of drug-likeness (QED) is 0.539. The van der Waals surface area contributed by atoms with E-state index < -0.39 is 6.72 Å². The van der Waals surface area contributed by atoms with Gasteiger partial charge in [0.05, 0.1) is 6.61 Å². The van der Waals surface area contributed by atoms with Gasteiger partial charge in [0, 0.05) is 38.2 Å². The Kier molecular flexibility index (Phi) is 6.49. The first-order valence-electron chi connectivity index (χ1n) is 5.51. The van der Waals surface area contributed by atoms with Crippen LogP contribution in [0, 0.1) is 0 Å². The maximum atomic E-state index is 5.38. The third-order valence-electron chi connectivity index (χ3n) is 2.02. The van der Waals surface area contributed by atoms with Gasteiger partial charge < -0.3 is 18.3 Å². The number of unbranched alkanes of at least 4 members (excludes halogenated alkanes) is 1. The molecular formula is C10H17N2O4PS. The minimum atomic E-state index is -2.75. The van der Waals surface area contributed by atoms with Crippen molar-refractivity contribution in [2.75, 3.05) is 20.8 Å². The molecule has 0 saturated heterocycles. The molecule has 1 heterocycles. The van der Waals surface area contributed by atoms with Gasteiger partial charge in [-0.15, -0.1) is 10.2 Å². The van der Waals surface area contributed by atoms with Gasteiger partial charge in [-0.05, 0) is 6.42 Å². The van der Waals surface area contributed by atoms with Gasteiger partial charge in [-0.2, -0.15) is 0 Å². The van der Waals surface area contributed by atoms with Crippen LogP contribution in [0.15, 0.2) is 12.1 Å². The molecule has 0 aliphatic carbocycles. The number of hydrogen-bond acceptors (Lipinski definition) is 7. The molecule has 0 fully saturated rings. The summed E-state index contributed by atoms with van der Waals surface area (Å²) in [5, 5.41) is 7.71. The zero-order valence-corrected chi connectivity index (χ0v) is 12.4. The van der Waals surface area contributed by atoms with Crippen molar-refractivity contribution >= 4 is 18.5 Å². The summed E-state index contributed by atoms with van der Waals surface area (Å²) < 4.78 is 20.7. The van der Waals surface area contributed by atoms with Crippen molar-refractivity contribution in [3.05, 3.63) is 12.1 Å². The monoisotopic (exact) mass is 292 g/mol. The Balaban J connectivity index is 2.57. The fraction of sp³-hybridized carbons (Fsp3) is 0.600. The van der Waals surface area contributed by atoms with Gasteiger partial charge in [0.1, 0.15) is 0 Å². The Morgan fingerprint density at radius 3 is 2.28 bits per heavy atom. The molecule has 6 nitrogen and oxygen atoms in total. The molecule has 102 valence electrons. The molecule has 18 heavy (non-hydrogen) atoms. The van der Waals surface area contributed by atoms with Crippen LogP contribution in [0.5, 0.6) is 11.8 Å². The number of hydrogen-bond donors (Lipinski definition) is 0. The molecule has 0 aromatic carbocycles. The van der Waals surface area contributed by atoms with E-state index in [0.29, 0.717) is 12.5 Å². The fourth-order valence-corrected chi connectivity index (χ4v) is 1.87. The average Bonchev–Trinajstić information content (AvgIpc) is 2.41. The topological polar surface area (TPSA) is 62.7 Å². The van der Waals surface area contributed by atoms with Crippen molar-refractivity contribution < 1.29 is 18.3 Å². The maximum absolute atomic E-state index is 5.38. The molecule has 1 aromatic heterocycles. The van der Waals surface area contributed by atoms with Gasteiger partial charge in [-0.1, -0.05) is 13.3 Å². The molecule has 0 aliphatic heterocycles. The molecular weight excluding hydrogens is 275 g/mol. The summed E-state index contributed by atoms with van der Waals surface area (Å²) in [5.41, 5.74) is 0. The summed E-state index contributed by atoms with van der Waals surface area (Å²) >= 11 is 5.05. The highest BCUT2D eigenvalue weighted by molar-refractivity contribution is 8.07. The van der Waals surface area contributed by atoms with Crippen LogP contribution in [0.3, 0.4) is 0 Å². The molecule has 8 heteroatoms. The van der Waals surface area contributed by atoms with E-state index in [4.69, 9.17) is 30.1 Å². The molecule has 0 amide bonds. The van der Waals surface area contributed by atoms with E-state index in [1.807, 2.05) is 0 Å². The van der Waals surface area contributed by atoms with Crippen LogP contribution >= 0.6 is 6.72 Å². The van der Waals surface area contributed by atoms with Gasteiger partial charge in [-0.25, -0.2) is 0 Å². The van der Waals surface area contributed by atoms with Crippen molar-refractivity contribution in [2.45, 2.75) is 19.8 Å². The summed E-state index contributed by atoms with van der Waals surface area (Å²) in [4.78, 5) is 0. The smallest absolute Gasteiger partial charge is 0.381 e. The second-order valence-electron chi connectivity index (χ2n) is 3.32. The van der Waals surface area contributed by atoms with E-state index in [-0.39, 0.29) is 5.88 Å². The van der Waals surface area contributed by atoms with Crippen molar-refractivity contribution in [3.8, 4) is 11.8 Å². The molecule has 0 spiro atoms. The predicted octanol–water partition coefficient (Wildman–Crippen LogP) is 2.55. The third-order valence-corrected chi connectivity index (χ3v) is 4.44. The number of ether oxygens (including phenoxy) is 1. The Morgan fingerprint density at radius 1 is 1.17 bits per heavy atom. The molecule has 1 aromatic rings. The molecule has 0 aliphatic rings. The van der Waals surface area contributed by atoms with Crippen LogP contribution in [0.2, 0.25) is 0 Å². The Bertz CT molecular complexity index is 393. The van der Waals surface area contributed by atoms with E-state index in [1.54, 1.807) is 12.1 Å². The van der Waals surface area contributed by atoms with Gasteiger partial charge in [-0.3, -0.25) is 0 Å². The van der Waals surface area contributed by atoms with Crippen LogP contribution in [0.25, 0.3) is 0 Å². The highest BCUT2D eigenvalue weighted by Crippen LogP contribution is 2.47. The first-order chi connectivity index (χ1) is 8.63. The maximum Gasteiger partial charge on any atom is 0.381 e. The summed E-state index contributed by atoms with van der Waals surface area (Å²) in [6, 6.07) is 3.29. The lowest BCUT2D eigenvalue weighted by atomic mass is 10.4. The summed E-state index contributed by atoms with van der Waals surface area (Å²) in [5.74, 6) is 0.712. The van der Waals surface area contributed by atoms with Crippen molar-refractivity contribution in [1.82, 2.24) is 10.2 Å². The largest absolute Gasteiger partial charge is 0.477 e. The lowest BCUT2D eigenvalue weighted by Crippen LogP contribution is -2.02. The van der Waals surface area contributed by atoms with Crippen LogP contribution < -0.4 is 9.26 Å². The Labute approximate surface area is 112 Å². The lowest BCUT2D eigenvalue weighted by Gasteiger charge is -2.16. The first kappa shape index (κ1) is 15.3. The van der Waals surface area contributed by atoms with Crippen molar-refractivity contribution in [1.29, 1.82) is 0 Å². The lowest BCUT2D eigenvalue weighted by molar-refractivity contribution is 0.266. The number of rotatable bonds is 8. The average molecular weight is 292 g/mol. The minimum absolute atomic E-state index is 0.255. The van der Waals surface area contributed by atoms with Crippen LogP contribution in [0.1, 0.15) is 19.8 Å². The SMILES string of the molecule is CCCCOc1ccc(OP(=S)(OC)OC)nn1. The molecule has 0 unspecified atom stereocenters. The second kappa shape index (κ2) is 7.63. The van der Waals surface area contributed by atoms with E-state index in [2.05, 4.69) is 17.1 Å². The number of aromatic nitrogens is 2. The molecule has 0 saturated carbocycles. The number of nitrogens with zero attached hydrogens (tertiary/aromatic N) is 2. The van der Waals surface area contributed by atoms with Crippen LogP contribution in [0.4, 0.5) is 0 Å².